The zero-order chi connectivity index (χ0) is 7.11. The summed E-state index contributed by atoms with van der Waals surface area (Å²) in [5, 5.41) is 2.42. The number of nitrogens with one attached hydrogen (secondary N) is 1. The van der Waals surface area contributed by atoms with E-state index in [4.69, 9.17) is 0 Å². The molecule has 0 aliphatic heterocycles. The van der Waals surface area contributed by atoms with E-state index in [0.29, 0.717) is 6.42 Å². The summed E-state index contributed by atoms with van der Waals surface area (Å²) in [6, 6.07) is 0. The highest BCUT2D eigenvalue weighted by atomic mass is 19.1. The standard InChI is InChI=1S/C6H12FNO/c1-2-3-6(9)8-5-4-7/h2-5H2,1H3,(H,8,9). The van der Waals surface area contributed by atoms with Gasteiger partial charge >= 0.3 is 0 Å². The molecule has 0 saturated heterocycles. The molecule has 1 amide bonds. The molecular formula is C6H12FNO. The third-order valence-corrected chi connectivity index (χ3v) is 0.894. The van der Waals surface area contributed by atoms with Crippen LogP contribution in [0.15, 0.2) is 0 Å². The molecule has 0 aromatic carbocycles. The van der Waals surface area contributed by atoms with Crippen LogP contribution >= 0.6 is 0 Å². The van der Waals surface area contributed by atoms with Gasteiger partial charge in [-0.2, -0.15) is 0 Å². The first-order valence-electron chi connectivity index (χ1n) is 3.14. The van der Waals surface area contributed by atoms with E-state index in [1.165, 1.54) is 0 Å². The molecule has 0 fully saturated rings. The molecule has 54 valence electrons. The Morgan fingerprint density at radius 1 is 1.67 bits per heavy atom. The van der Waals surface area contributed by atoms with Crippen LogP contribution in [-0.4, -0.2) is 19.1 Å². The fraction of sp³-hybridized carbons (Fsp3) is 0.833. The van der Waals surface area contributed by atoms with Crippen molar-refractivity contribution < 1.29 is 9.18 Å². The van der Waals surface area contributed by atoms with Gasteiger partial charge in [-0.1, -0.05) is 6.92 Å². The van der Waals surface area contributed by atoms with Gasteiger partial charge in [0.15, 0.2) is 0 Å². The summed E-state index contributed by atoms with van der Waals surface area (Å²) < 4.78 is 11.4. The zero-order valence-electron chi connectivity index (χ0n) is 5.61. The third kappa shape index (κ3) is 5.27. The molecule has 0 heterocycles. The van der Waals surface area contributed by atoms with Gasteiger partial charge in [0.05, 0.1) is 0 Å². The number of rotatable bonds is 4. The third-order valence-electron chi connectivity index (χ3n) is 0.894. The molecule has 3 heteroatoms. The van der Waals surface area contributed by atoms with E-state index in [1.54, 1.807) is 0 Å². The molecule has 0 atom stereocenters. The highest BCUT2D eigenvalue weighted by Gasteiger charge is 1.95. The second-order valence-corrected chi connectivity index (χ2v) is 1.79. The summed E-state index contributed by atoms with van der Waals surface area (Å²) in [6.07, 6.45) is 1.32. The van der Waals surface area contributed by atoms with Crippen LogP contribution in [0.4, 0.5) is 4.39 Å². The minimum Gasteiger partial charge on any atom is -0.353 e. The van der Waals surface area contributed by atoms with Gasteiger partial charge in [-0.15, -0.1) is 0 Å². The van der Waals surface area contributed by atoms with Gasteiger partial charge in [-0.3, -0.25) is 4.79 Å². The lowest BCUT2D eigenvalue weighted by Gasteiger charge is -1.98. The van der Waals surface area contributed by atoms with Crippen molar-refractivity contribution in [3.63, 3.8) is 0 Å². The minimum atomic E-state index is -0.477. The topological polar surface area (TPSA) is 29.1 Å². The molecular weight excluding hydrogens is 121 g/mol. The van der Waals surface area contributed by atoms with Crippen molar-refractivity contribution in [2.45, 2.75) is 19.8 Å². The van der Waals surface area contributed by atoms with E-state index in [0.717, 1.165) is 6.42 Å². The van der Waals surface area contributed by atoms with E-state index < -0.39 is 6.67 Å². The normalized spacial score (nSPS) is 9.11. The Balaban J connectivity index is 3.06. The molecule has 0 bridgehead atoms. The Kier molecular flexibility index (Phi) is 5.17. The highest BCUT2D eigenvalue weighted by molar-refractivity contribution is 5.75. The largest absolute Gasteiger partial charge is 0.353 e. The van der Waals surface area contributed by atoms with Gasteiger partial charge in [0.1, 0.15) is 6.67 Å². The smallest absolute Gasteiger partial charge is 0.220 e. The van der Waals surface area contributed by atoms with Crippen LogP contribution in [0.2, 0.25) is 0 Å². The molecule has 0 radical (unpaired) electrons. The van der Waals surface area contributed by atoms with E-state index in [2.05, 4.69) is 5.32 Å². The van der Waals surface area contributed by atoms with Crippen LogP contribution in [0.3, 0.4) is 0 Å². The van der Waals surface area contributed by atoms with E-state index in [1.807, 2.05) is 6.92 Å². The van der Waals surface area contributed by atoms with Crippen molar-refractivity contribution in [2.75, 3.05) is 13.2 Å². The number of hydrogen-bond donors (Lipinski definition) is 1. The molecule has 0 saturated carbocycles. The second-order valence-electron chi connectivity index (χ2n) is 1.79. The number of halogens is 1. The number of carbonyl (C=O) groups is 1. The number of carbonyl (C=O) groups excluding carboxylic acids is 1. The van der Waals surface area contributed by atoms with E-state index in [-0.39, 0.29) is 12.5 Å². The second kappa shape index (κ2) is 5.54. The van der Waals surface area contributed by atoms with Crippen LogP contribution in [0.1, 0.15) is 19.8 Å². The van der Waals surface area contributed by atoms with Crippen molar-refractivity contribution in [1.29, 1.82) is 0 Å². The fourth-order valence-electron chi connectivity index (χ4n) is 0.502. The summed E-state index contributed by atoms with van der Waals surface area (Å²) in [7, 11) is 0. The van der Waals surface area contributed by atoms with Gasteiger partial charge in [-0.25, -0.2) is 4.39 Å². The first-order valence-corrected chi connectivity index (χ1v) is 3.14. The number of alkyl halides is 1. The van der Waals surface area contributed by atoms with Crippen molar-refractivity contribution in [3.8, 4) is 0 Å². The first-order chi connectivity index (χ1) is 4.31. The van der Waals surface area contributed by atoms with Gasteiger partial charge in [0.25, 0.3) is 0 Å². The molecule has 1 N–H and O–H groups in total. The SMILES string of the molecule is CCCC(=O)NCCF. The molecule has 0 aromatic heterocycles. The van der Waals surface area contributed by atoms with Crippen LogP contribution in [0.5, 0.6) is 0 Å². The van der Waals surface area contributed by atoms with Crippen LogP contribution in [0, 0.1) is 0 Å². The van der Waals surface area contributed by atoms with Crippen molar-refractivity contribution in [1.82, 2.24) is 5.32 Å². The summed E-state index contributed by atoms with van der Waals surface area (Å²) in [5.74, 6) is -0.0600. The fourth-order valence-corrected chi connectivity index (χ4v) is 0.502. The average Bonchev–Trinajstić information content (AvgIpc) is 1.85. The van der Waals surface area contributed by atoms with Crippen molar-refractivity contribution in [3.05, 3.63) is 0 Å². The lowest BCUT2D eigenvalue weighted by atomic mass is 10.3. The van der Waals surface area contributed by atoms with Gasteiger partial charge in [0.2, 0.25) is 5.91 Å². The quantitative estimate of drug-likeness (QED) is 0.605. The summed E-state index contributed by atoms with van der Waals surface area (Å²) in [4.78, 5) is 10.5. The number of hydrogen-bond acceptors (Lipinski definition) is 1. The summed E-state index contributed by atoms with van der Waals surface area (Å²) in [5.41, 5.74) is 0. The predicted molar refractivity (Wildman–Crippen MR) is 33.9 cm³/mol. The lowest BCUT2D eigenvalue weighted by molar-refractivity contribution is -0.121. The Morgan fingerprint density at radius 2 is 2.33 bits per heavy atom. The molecule has 0 unspecified atom stereocenters. The molecule has 0 rings (SSSR count). The molecule has 0 aromatic rings. The van der Waals surface area contributed by atoms with Crippen molar-refractivity contribution >= 4 is 5.91 Å². The van der Waals surface area contributed by atoms with E-state index in [9.17, 15) is 9.18 Å². The maximum atomic E-state index is 11.4. The van der Waals surface area contributed by atoms with Crippen molar-refractivity contribution in [2.24, 2.45) is 0 Å². The summed E-state index contributed by atoms with van der Waals surface area (Å²) >= 11 is 0. The first kappa shape index (κ1) is 8.40. The molecule has 0 aliphatic carbocycles. The van der Waals surface area contributed by atoms with Crippen LogP contribution in [-0.2, 0) is 4.79 Å². The number of amides is 1. The Bertz CT molecular complexity index is 85.1. The van der Waals surface area contributed by atoms with Gasteiger partial charge in [0, 0.05) is 13.0 Å². The minimum absolute atomic E-state index is 0.0600. The molecule has 0 spiro atoms. The lowest BCUT2D eigenvalue weighted by Crippen LogP contribution is -2.24. The van der Waals surface area contributed by atoms with Gasteiger partial charge in [-0.05, 0) is 6.42 Å². The van der Waals surface area contributed by atoms with Crippen LogP contribution < -0.4 is 5.32 Å². The highest BCUT2D eigenvalue weighted by Crippen LogP contribution is 1.84. The van der Waals surface area contributed by atoms with E-state index >= 15 is 0 Å². The molecule has 2 nitrogen and oxygen atoms in total. The molecule has 0 aliphatic rings. The maximum Gasteiger partial charge on any atom is 0.220 e. The zero-order valence-corrected chi connectivity index (χ0v) is 5.61. The van der Waals surface area contributed by atoms with Crippen LogP contribution in [0.25, 0.3) is 0 Å². The molecule has 9 heavy (non-hydrogen) atoms. The Morgan fingerprint density at radius 3 is 2.78 bits per heavy atom. The monoisotopic (exact) mass is 133 g/mol. The average molecular weight is 133 g/mol. The van der Waals surface area contributed by atoms with Gasteiger partial charge < -0.3 is 5.32 Å². The summed E-state index contributed by atoms with van der Waals surface area (Å²) in [6.45, 7) is 1.59. The maximum absolute atomic E-state index is 11.4. The Hall–Kier alpha value is -0.600. The Labute approximate surface area is 54.4 Å². The predicted octanol–water partition coefficient (Wildman–Crippen LogP) is 0.872.